The molecule has 1 aromatic rings. The first kappa shape index (κ1) is 14.5. The number of hydrogen-bond donors (Lipinski definition) is 2. The molecule has 0 bridgehead atoms. The zero-order valence-corrected chi connectivity index (χ0v) is 11.5. The van der Waals surface area contributed by atoms with Gasteiger partial charge in [0.2, 0.25) is 5.28 Å². The smallest absolute Gasteiger partial charge is 0.224 e. The molecule has 1 unspecified atom stereocenters. The molecule has 1 heterocycles. The Bertz CT molecular complexity index is 359. The van der Waals surface area contributed by atoms with E-state index in [1.165, 1.54) is 6.20 Å². The van der Waals surface area contributed by atoms with Crippen LogP contribution in [0.4, 0.5) is 5.82 Å². The van der Waals surface area contributed by atoms with Crippen molar-refractivity contribution >= 4 is 29.0 Å². The number of aromatic nitrogens is 2. The van der Waals surface area contributed by atoms with Gasteiger partial charge in [-0.3, -0.25) is 0 Å². The number of aliphatic hydroxyl groups excluding tert-OH is 1. The Hall–Kier alpha value is -0.580. The minimum absolute atomic E-state index is 0.133. The van der Waals surface area contributed by atoms with Crippen molar-refractivity contribution in [1.82, 2.24) is 9.97 Å². The topological polar surface area (TPSA) is 58.0 Å². The van der Waals surface area contributed by atoms with E-state index >= 15 is 0 Å². The maximum Gasteiger partial charge on any atom is 0.224 e. The van der Waals surface area contributed by atoms with E-state index in [1.54, 1.807) is 0 Å². The Balaban J connectivity index is 2.57. The summed E-state index contributed by atoms with van der Waals surface area (Å²) in [4.78, 5) is 7.71. The fourth-order valence-corrected chi connectivity index (χ4v) is 1.96. The van der Waals surface area contributed by atoms with Gasteiger partial charge in [0.25, 0.3) is 0 Å². The molecule has 0 amide bonds. The zero-order chi connectivity index (χ0) is 12.8. The lowest BCUT2D eigenvalue weighted by atomic mass is 9.97. The third kappa shape index (κ3) is 4.30. The molecule has 0 aromatic carbocycles. The van der Waals surface area contributed by atoms with Gasteiger partial charge < -0.3 is 10.4 Å². The minimum atomic E-state index is -0.421. The van der Waals surface area contributed by atoms with Crippen LogP contribution in [0.1, 0.15) is 26.7 Å². The Morgan fingerprint density at radius 3 is 2.59 bits per heavy atom. The summed E-state index contributed by atoms with van der Waals surface area (Å²) in [7, 11) is 0. The zero-order valence-electron chi connectivity index (χ0n) is 9.95. The van der Waals surface area contributed by atoms with Crippen molar-refractivity contribution in [3.63, 3.8) is 0 Å². The van der Waals surface area contributed by atoms with E-state index in [9.17, 15) is 5.11 Å². The highest BCUT2D eigenvalue weighted by Crippen LogP contribution is 2.20. The molecule has 0 saturated carbocycles. The predicted octanol–water partition coefficient (Wildman–Crippen LogP) is 2.99. The maximum absolute atomic E-state index is 9.95. The monoisotopic (exact) mass is 277 g/mol. The van der Waals surface area contributed by atoms with Gasteiger partial charge in [0.15, 0.2) is 0 Å². The van der Waals surface area contributed by atoms with Crippen molar-refractivity contribution in [2.45, 2.75) is 32.8 Å². The number of hydrogen-bond acceptors (Lipinski definition) is 4. The second-order valence-electron chi connectivity index (χ2n) is 3.86. The molecule has 17 heavy (non-hydrogen) atoms. The van der Waals surface area contributed by atoms with Crippen molar-refractivity contribution in [3.8, 4) is 0 Å². The van der Waals surface area contributed by atoms with Crippen LogP contribution in [-0.2, 0) is 0 Å². The van der Waals surface area contributed by atoms with Crippen molar-refractivity contribution < 1.29 is 5.11 Å². The van der Waals surface area contributed by atoms with Gasteiger partial charge in [-0.2, -0.15) is 4.98 Å². The number of aliphatic hydroxyl groups is 1. The van der Waals surface area contributed by atoms with E-state index < -0.39 is 6.10 Å². The van der Waals surface area contributed by atoms with Gasteiger partial charge in [-0.25, -0.2) is 4.98 Å². The molecule has 6 heteroatoms. The summed E-state index contributed by atoms with van der Waals surface area (Å²) in [6.07, 6.45) is 2.90. The van der Waals surface area contributed by atoms with E-state index in [2.05, 4.69) is 29.1 Å². The second kappa shape index (κ2) is 6.99. The average Bonchev–Trinajstić information content (AvgIpc) is 2.32. The fraction of sp³-hybridized carbons (Fsp3) is 0.636. The molecule has 2 N–H and O–H groups in total. The number of rotatable bonds is 6. The molecule has 0 aliphatic rings. The molecular formula is C11H17Cl2N3O. The minimum Gasteiger partial charge on any atom is -0.391 e. The number of nitrogens with one attached hydrogen (secondary N) is 1. The molecule has 0 spiro atoms. The van der Waals surface area contributed by atoms with Crippen LogP contribution in [0.5, 0.6) is 0 Å². The number of anilines is 1. The second-order valence-corrected chi connectivity index (χ2v) is 4.61. The third-order valence-corrected chi connectivity index (χ3v) is 3.24. The van der Waals surface area contributed by atoms with E-state index in [1.807, 2.05) is 0 Å². The molecular weight excluding hydrogens is 261 g/mol. The lowest BCUT2D eigenvalue weighted by Gasteiger charge is -2.20. The van der Waals surface area contributed by atoms with Crippen molar-refractivity contribution in [1.29, 1.82) is 0 Å². The first-order valence-electron chi connectivity index (χ1n) is 5.68. The quantitative estimate of drug-likeness (QED) is 0.785. The van der Waals surface area contributed by atoms with E-state index in [4.69, 9.17) is 23.2 Å². The lowest BCUT2D eigenvalue weighted by Crippen LogP contribution is -2.28. The summed E-state index contributed by atoms with van der Waals surface area (Å²) in [6.45, 7) is 4.53. The van der Waals surface area contributed by atoms with Gasteiger partial charge in [0, 0.05) is 6.54 Å². The van der Waals surface area contributed by atoms with Gasteiger partial charge >= 0.3 is 0 Å². The number of halogens is 2. The van der Waals surface area contributed by atoms with E-state index in [0.717, 1.165) is 12.8 Å². The summed E-state index contributed by atoms with van der Waals surface area (Å²) in [5, 5.41) is 13.5. The summed E-state index contributed by atoms with van der Waals surface area (Å²) < 4.78 is 0. The van der Waals surface area contributed by atoms with Crippen LogP contribution >= 0.6 is 23.2 Å². The van der Waals surface area contributed by atoms with Gasteiger partial charge in [-0.05, 0) is 17.5 Å². The molecule has 0 fully saturated rings. The van der Waals surface area contributed by atoms with Gasteiger partial charge in [-0.1, -0.05) is 38.3 Å². The molecule has 0 aliphatic carbocycles. The van der Waals surface area contributed by atoms with Gasteiger partial charge in [0.1, 0.15) is 10.8 Å². The normalized spacial score (nSPS) is 12.8. The molecule has 1 aromatic heterocycles. The maximum atomic E-state index is 9.95. The Morgan fingerprint density at radius 2 is 2.00 bits per heavy atom. The van der Waals surface area contributed by atoms with Crippen LogP contribution in [0.2, 0.25) is 10.3 Å². The first-order chi connectivity index (χ1) is 8.08. The largest absolute Gasteiger partial charge is 0.391 e. The van der Waals surface area contributed by atoms with Crippen molar-refractivity contribution in [3.05, 3.63) is 16.5 Å². The van der Waals surface area contributed by atoms with E-state index in [0.29, 0.717) is 17.4 Å². The Labute approximate surface area is 111 Å². The first-order valence-corrected chi connectivity index (χ1v) is 6.44. The van der Waals surface area contributed by atoms with Crippen molar-refractivity contribution in [2.24, 2.45) is 5.92 Å². The van der Waals surface area contributed by atoms with Crippen LogP contribution in [0.3, 0.4) is 0 Å². The van der Waals surface area contributed by atoms with E-state index in [-0.39, 0.29) is 11.2 Å². The molecule has 0 aliphatic heterocycles. The lowest BCUT2D eigenvalue weighted by molar-refractivity contribution is 0.114. The van der Waals surface area contributed by atoms with Crippen LogP contribution in [0.15, 0.2) is 6.20 Å². The summed E-state index contributed by atoms with van der Waals surface area (Å²) in [5.74, 6) is 0.732. The SMILES string of the molecule is CCC(CC)C(O)CNc1nc(Cl)ncc1Cl. The number of nitrogens with zero attached hydrogens (tertiary/aromatic N) is 2. The molecule has 1 atom stereocenters. The molecule has 96 valence electrons. The van der Waals surface area contributed by atoms with Crippen LogP contribution < -0.4 is 5.32 Å². The third-order valence-electron chi connectivity index (χ3n) is 2.79. The van der Waals surface area contributed by atoms with Gasteiger partial charge in [0.05, 0.1) is 12.3 Å². The fourth-order valence-electron chi connectivity index (χ4n) is 1.67. The molecule has 1 rings (SSSR count). The Morgan fingerprint density at radius 1 is 1.35 bits per heavy atom. The van der Waals surface area contributed by atoms with Crippen LogP contribution in [-0.4, -0.2) is 27.7 Å². The molecule has 4 nitrogen and oxygen atoms in total. The molecule has 0 radical (unpaired) electrons. The highest BCUT2D eigenvalue weighted by molar-refractivity contribution is 6.33. The highest BCUT2D eigenvalue weighted by Gasteiger charge is 2.15. The summed E-state index contributed by atoms with van der Waals surface area (Å²) >= 11 is 11.6. The summed E-state index contributed by atoms with van der Waals surface area (Å²) in [6, 6.07) is 0. The molecule has 0 saturated heterocycles. The van der Waals surface area contributed by atoms with Gasteiger partial charge in [-0.15, -0.1) is 0 Å². The highest BCUT2D eigenvalue weighted by atomic mass is 35.5. The average molecular weight is 278 g/mol. The van der Waals surface area contributed by atoms with Crippen molar-refractivity contribution in [2.75, 3.05) is 11.9 Å². The summed E-state index contributed by atoms with van der Waals surface area (Å²) in [5.41, 5.74) is 0. The predicted molar refractivity (Wildman–Crippen MR) is 70.6 cm³/mol. The standard InChI is InChI=1S/C11H17Cl2N3O/c1-3-7(4-2)9(17)6-14-10-8(12)5-15-11(13)16-10/h5,7,9,17H,3-4,6H2,1-2H3,(H,14,15,16). The van der Waals surface area contributed by atoms with Crippen LogP contribution in [0, 0.1) is 5.92 Å². The Kier molecular flexibility index (Phi) is 5.95. The van der Waals surface area contributed by atoms with Crippen LogP contribution in [0.25, 0.3) is 0 Å².